The van der Waals surface area contributed by atoms with Crippen LogP contribution in [0.25, 0.3) is 33.1 Å². The van der Waals surface area contributed by atoms with Crippen molar-refractivity contribution in [3.8, 4) is 17.3 Å². The second kappa shape index (κ2) is 5.46. The van der Waals surface area contributed by atoms with E-state index in [1.54, 1.807) is 0 Å². The lowest BCUT2D eigenvalue weighted by molar-refractivity contribution is 0.689. The zero-order chi connectivity index (χ0) is 16.8. The first-order chi connectivity index (χ1) is 12.3. The van der Waals surface area contributed by atoms with Gasteiger partial charge in [-0.25, -0.2) is 0 Å². The highest BCUT2D eigenvalue weighted by molar-refractivity contribution is 6.08. The van der Waals surface area contributed by atoms with Crippen LogP contribution in [0.1, 0.15) is 29.5 Å². The Morgan fingerprint density at radius 3 is 2.52 bits per heavy atom. The van der Waals surface area contributed by atoms with E-state index in [0.29, 0.717) is 5.56 Å². The van der Waals surface area contributed by atoms with Gasteiger partial charge in [-0.3, -0.25) is 4.98 Å². The molecular weight excluding hydrogens is 306 g/mol. The third-order valence-corrected chi connectivity index (χ3v) is 5.31. The van der Waals surface area contributed by atoms with Crippen LogP contribution in [-0.2, 0) is 12.8 Å². The number of H-pyrrole nitrogens is 1. The standard InChI is InChI=1S/C22H17N3/c23-13-14-5-7-15(8-6-14)22-17-4-2-1-3-16(17)21-18-11-12-24-19(18)9-10-20(21)25-22/h5-12,25H,1-4H2. The van der Waals surface area contributed by atoms with E-state index < -0.39 is 0 Å². The van der Waals surface area contributed by atoms with Crippen LogP contribution in [0.15, 0.2) is 48.7 Å². The largest absolute Gasteiger partial charge is 0.354 e. The van der Waals surface area contributed by atoms with Crippen molar-refractivity contribution in [3.05, 3.63) is 65.4 Å². The topological polar surface area (TPSA) is 52.5 Å². The van der Waals surface area contributed by atoms with Gasteiger partial charge in [-0.15, -0.1) is 0 Å². The van der Waals surface area contributed by atoms with E-state index in [-0.39, 0.29) is 0 Å². The van der Waals surface area contributed by atoms with E-state index in [1.165, 1.54) is 46.0 Å². The highest BCUT2D eigenvalue weighted by Gasteiger charge is 2.20. The smallest absolute Gasteiger partial charge is 0.0991 e. The molecule has 25 heavy (non-hydrogen) atoms. The average molecular weight is 323 g/mol. The fourth-order valence-electron chi connectivity index (χ4n) is 4.14. The molecule has 0 atom stereocenters. The molecule has 2 aromatic carbocycles. The number of nitrogens with one attached hydrogen (secondary N) is 1. The summed E-state index contributed by atoms with van der Waals surface area (Å²) >= 11 is 0. The van der Waals surface area contributed by atoms with Gasteiger partial charge in [-0.05, 0) is 72.7 Å². The predicted molar refractivity (Wildman–Crippen MR) is 100 cm³/mol. The van der Waals surface area contributed by atoms with Crippen molar-refractivity contribution < 1.29 is 0 Å². The second-order valence-electron chi connectivity index (χ2n) is 6.72. The summed E-state index contributed by atoms with van der Waals surface area (Å²) in [6.07, 6.45) is 6.58. The number of hydrogen-bond donors (Lipinski definition) is 1. The molecule has 3 heteroatoms. The molecule has 120 valence electrons. The Morgan fingerprint density at radius 2 is 1.72 bits per heavy atom. The van der Waals surface area contributed by atoms with Gasteiger partial charge in [0.2, 0.25) is 0 Å². The lowest BCUT2D eigenvalue weighted by atomic mass is 9.85. The molecule has 1 N–H and O–H groups in total. The van der Waals surface area contributed by atoms with Crippen LogP contribution in [0.4, 0.5) is 0 Å². The Labute approximate surface area is 145 Å². The number of fused-ring (bicyclic) bond motifs is 5. The molecule has 0 fully saturated rings. The molecule has 0 radical (unpaired) electrons. The average Bonchev–Trinajstić information content (AvgIpc) is 3.16. The summed E-state index contributed by atoms with van der Waals surface area (Å²) in [4.78, 5) is 8.15. The molecule has 2 heterocycles. The van der Waals surface area contributed by atoms with Crippen LogP contribution >= 0.6 is 0 Å². The number of rotatable bonds is 1. The zero-order valence-corrected chi connectivity index (χ0v) is 13.8. The quantitative estimate of drug-likeness (QED) is 0.527. The molecule has 0 saturated heterocycles. The van der Waals surface area contributed by atoms with Gasteiger partial charge in [0, 0.05) is 28.2 Å². The van der Waals surface area contributed by atoms with Gasteiger partial charge in [-0.1, -0.05) is 12.1 Å². The number of nitrogens with zero attached hydrogens (tertiary/aromatic N) is 2. The van der Waals surface area contributed by atoms with Gasteiger partial charge in [-0.2, -0.15) is 5.26 Å². The monoisotopic (exact) mass is 323 g/mol. The molecule has 3 nitrogen and oxygen atoms in total. The highest BCUT2D eigenvalue weighted by Crippen LogP contribution is 2.37. The highest BCUT2D eigenvalue weighted by atomic mass is 14.7. The summed E-state index contributed by atoms with van der Waals surface area (Å²) < 4.78 is 0. The number of hydrogen-bond acceptors (Lipinski definition) is 2. The molecular formula is C22H17N3. The van der Waals surface area contributed by atoms with Crippen LogP contribution in [0.5, 0.6) is 0 Å². The van der Waals surface area contributed by atoms with E-state index in [9.17, 15) is 0 Å². The Morgan fingerprint density at radius 1 is 0.920 bits per heavy atom. The minimum atomic E-state index is 0.697. The van der Waals surface area contributed by atoms with E-state index in [1.807, 2.05) is 30.5 Å². The lowest BCUT2D eigenvalue weighted by Gasteiger charge is -2.23. The maximum Gasteiger partial charge on any atom is 0.0991 e. The van der Waals surface area contributed by atoms with E-state index >= 15 is 0 Å². The van der Waals surface area contributed by atoms with Gasteiger partial charge in [0.1, 0.15) is 0 Å². The SMILES string of the molecule is N#Cc1ccc(-c2[nH]c3ccc4nccc4c3c3c2CCCC3)cc1. The van der Waals surface area contributed by atoms with Crippen molar-refractivity contribution in [1.82, 2.24) is 9.97 Å². The summed E-state index contributed by atoms with van der Waals surface area (Å²) in [6.45, 7) is 0. The molecule has 0 aliphatic heterocycles. The molecule has 0 unspecified atom stereocenters. The third-order valence-electron chi connectivity index (χ3n) is 5.31. The Hall–Kier alpha value is -3.12. The van der Waals surface area contributed by atoms with Gasteiger partial charge < -0.3 is 4.98 Å². The first-order valence-electron chi connectivity index (χ1n) is 8.77. The van der Waals surface area contributed by atoms with Crippen LogP contribution in [-0.4, -0.2) is 9.97 Å². The van der Waals surface area contributed by atoms with Crippen molar-refractivity contribution in [2.45, 2.75) is 25.7 Å². The predicted octanol–water partition coefficient (Wildman–Crippen LogP) is 5.13. The number of aromatic nitrogens is 2. The van der Waals surface area contributed by atoms with E-state index in [4.69, 9.17) is 5.26 Å². The maximum absolute atomic E-state index is 9.05. The van der Waals surface area contributed by atoms with Crippen LogP contribution in [0.2, 0.25) is 0 Å². The molecule has 0 spiro atoms. The molecule has 1 aliphatic rings. The molecule has 0 saturated carbocycles. The minimum absolute atomic E-state index is 0.697. The number of aromatic amines is 1. The fraction of sp³-hybridized carbons (Fsp3) is 0.182. The third kappa shape index (κ3) is 2.15. The van der Waals surface area contributed by atoms with Crippen LogP contribution in [0.3, 0.4) is 0 Å². The first kappa shape index (κ1) is 14.2. The molecule has 1 aliphatic carbocycles. The fourth-order valence-corrected chi connectivity index (χ4v) is 4.14. The van der Waals surface area contributed by atoms with Crippen molar-refractivity contribution >= 4 is 21.8 Å². The zero-order valence-electron chi connectivity index (χ0n) is 13.8. The van der Waals surface area contributed by atoms with E-state index in [2.05, 4.69) is 34.2 Å². The van der Waals surface area contributed by atoms with E-state index in [0.717, 1.165) is 23.9 Å². The molecule has 2 aromatic heterocycles. The van der Waals surface area contributed by atoms with Crippen LogP contribution < -0.4 is 0 Å². The number of benzene rings is 2. The summed E-state index contributed by atoms with van der Waals surface area (Å²) in [6, 6.07) is 16.4. The maximum atomic E-state index is 9.05. The summed E-state index contributed by atoms with van der Waals surface area (Å²) in [5, 5.41) is 11.6. The molecule has 0 bridgehead atoms. The normalized spacial score (nSPS) is 13.7. The number of pyridine rings is 1. The Kier molecular flexibility index (Phi) is 3.11. The summed E-state index contributed by atoms with van der Waals surface area (Å²) in [5.41, 5.74) is 8.18. The van der Waals surface area contributed by atoms with Crippen molar-refractivity contribution in [3.63, 3.8) is 0 Å². The van der Waals surface area contributed by atoms with Gasteiger partial charge in [0.25, 0.3) is 0 Å². The summed E-state index contributed by atoms with van der Waals surface area (Å²) in [5.74, 6) is 0. The first-order valence-corrected chi connectivity index (χ1v) is 8.77. The minimum Gasteiger partial charge on any atom is -0.354 e. The Balaban J connectivity index is 1.85. The van der Waals surface area contributed by atoms with Gasteiger partial charge >= 0.3 is 0 Å². The summed E-state index contributed by atoms with van der Waals surface area (Å²) in [7, 11) is 0. The molecule has 4 aromatic rings. The number of nitriles is 1. The second-order valence-corrected chi connectivity index (χ2v) is 6.72. The lowest BCUT2D eigenvalue weighted by Crippen LogP contribution is -2.07. The molecule has 0 amide bonds. The van der Waals surface area contributed by atoms with Crippen LogP contribution in [0, 0.1) is 11.3 Å². The Bertz CT molecular complexity index is 1140. The number of aryl methyl sites for hydroxylation is 1. The van der Waals surface area contributed by atoms with Gasteiger partial charge in [0.05, 0.1) is 17.1 Å². The van der Waals surface area contributed by atoms with Crippen molar-refractivity contribution in [2.24, 2.45) is 0 Å². The molecule has 5 rings (SSSR count). The van der Waals surface area contributed by atoms with Crippen molar-refractivity contribution in [2.75, 3.05) is 0 Å². The van der Waals surface area contributed by atoms with Crippen molar-refractivity contribution in [1.29, 1.82) is 5.26 Å². The van der Waals surface area contributed by atoms with Gasteiger partial charge in [0.15, 0.2) is 0 Å².